The van der Waals surface area contributed by atoms with Crippen LogP contribution < -0.4 is 0 Å². The van der Waals surface area contributed by atoms with Crippen LogP contribution in [0.3, 0.4) is 0 Å². The zero-order valence-corrected chi connectivity index (χ0v) is 43.0. The third kappa shape index (κ3) is 52.0. The van der Waals surface area contributed by atoms with Gasteiger partial charge in [-0.25, -0.2) is 0 Å². The Morgan fingerprint density at radius 3 is 1.03 bits per heavy atom. The predicted octanol–water partition coefficient (Wildman–Crippen LogP) is 17.8. The Balaban J connectivity index is 4.65. The van der Waals surface area contributed by atoms with E-state index in [9.17, 15) is 14.4 Å². The highest BCUT2D eigenvalue weighted by Crippen LogP contribution is 2.11. The van der Waals surface area contributed by atoms with E-state index in [0.29, 0.717) is 19.3 Å². The van der Waals surface area contributed by atoms with Crippen LogP contribution in [0.1, 0.15) is 194 Å². The minimum Gasteiger partial charge on any atom is -0.462 e. The maximum absolute atomic E-state index is 12.8. The topological polar surface area (TPSA) is 78.9 Å². The van der Waals surface area contributed by atoms with E-state index >= 15 is 0 Å². The molecule has 1 atom stereocenters. The van der Waals surface area contributed by atoms with Crippen LogP contribution in [-0.4, -0.2) is 37.2 Å². The lowest BCUT2D eigenvalue weighted by atomic mass is 10.1. The SMILES string of the molecule is CC/C=C\C/C=C\C/C=C\C/C=C\C/C=C\C/C=C\CCC(=O)OCC(COC(=O)CCCCCCC/C=C\C/C=C\CCCC)OC(=O)CCC/C=C\C/C=C\C/C=C\C/C=C\C/C=C\CC. The van der Waals surface area contributed by atoms with Crippen LogP contribution in [0.25, 0.3) is 0 Å². The maximum atomic E-state index is 12.8. The van der Waals surface area contributed by atoms with Gasteiger partial charge in [0.05, 0.1) is 0 Å². The van der Waals surface area contributed by atoms with Gasteiger partial charge in [0.1, 0.15) is 13.2 Å². The number of carbonyl (C=O) groups is 3. The molecule has 0 amide bonds. The molecule has 0 aliphatic rings. The second-order valence-electron chi connectivity index (χ2n) is 16.7. The highest BCUT2D eigenvalue weighted by atomic mass is 16.6. The lowest BCUT2D eigenvalue weighted by Gasteiger charge is -2.18. The number of esters is 3. The van der Waals surface area contributed by atoms with Crippen LogP contribution in [0.15, 0.2) is 158 Å². The van der Waals surface area contributed by atoms with Gasteiger partial charge in [-0.05, 0) is 122 Å². The molecular weight excluding hydrogens is 841 g/mol. The molecule has 0 aromatic carbocycles. The van der Waals surface area contributed by atoms with Gasteiger partial charge in [-0.2, -0.15) is 0 Å². The summed E-state index contributed by atoms with van der Waals surface area (Å²) >= 11 is 0. The fourth-order valence-electron chi connectivity index (χ4n) is 6.34. The van der Waals surface area contributed by atoms with Crippen molar-refractivity contribution >= 4 is 17.9 Å². The van der Waals surface area contributed by atoms with E-state index < -0.39 is 12.1 Å². The molecule has 0 saturated heterocycles. The van der Waals surface area contributed by atoms with Crippen LogP contribution in [0.2, 0.25) is 0 Å². The van der Waals surface area contributed by atoms with Gasteiger partial charge in [-0.3, -0.25) is 14.4 Å². The van der Waals surface area contributed by atoms with Crippen molar-refractivity contribution < 1.29 is 28.6 Å². The molecule has 68 heavy (non-hydrogen) atoms. The van der Waals surface area contributed by atoms with Crippen molar-refractivity contribution in [1.82, 2.24) is 0 Å². The first-order valence-corrected chi connectivity index (χ1v) is 26.5. The summed E-state index contributed by atoms with van der Waals surface area (Å²) in [7, 11) is 0. The minimum atomic E-state index is -0.852. The van der Waals surface area contributed by atoms with E-state index in [4.69, 9.17) is 14.2 Å². The molecule has 0 aliphatic heterocycles. The number of ether oxygens (including phenoxy) is 3. The van der Waals surface area contributed by atoms with Gasteiger partial charge >= 0.3 is 17.9 Å². The Kier molecular flexibility index (Phi) is 50.6. The number of hydrogen-bond acceptors (Lipinski definition) is 6. The van der Waals surface area contributed by atoms with Gasteiger partial charge in [0.15, 0.2) is 6.10 Å². The number of hydrogen-bond donors (Lipinski definition) is 0. The van der Waals surface area contributed by atoms with Crippen molar-refractivity contribution in [3.05, 3.63) is 158 Å². The van der Waals surface area contributed by atoms with E-state index in [2.05, 4.69) is 167 Å². The largest absolute Gasteiger partial charge is 0.462 e. The minimum absolute atomic E-state index is 0.139. The molecule has 0 saturated carbocycles. The number of allylic oxidation sites excluding steroid dienone is 26. The van der Waals surface area contributed by atoms with Crippen LogP contribution in [-0.2, 0) is 28.6 Å². The molecule has 0 aliphatic carbocycles. The van der Waals surface area contributed by atoms with E-state index in [0.717, 1.165) is 122 Å². The van der Waals surface area contributed by atoms with Crippen LogP contribution in [0, 0.1) is 0 Å². The van der Waals surface area contributed by atoms with Crippen molar-refractivity contribution in [1.29, 1.82) is 0 Å². The Morgan fingerprint density at radius 2 is 0.618 bits per heavy atom. The first-order valence-electron chi connectivity index (χ1n) is 26.5. The van der Waals surface area contributed by atoms with E-state index in [-0.39, 0.29) is 38.0 Å². The molecule has 1 unspecified atom stereocenters. The van der Waals surface area contributed by atoms with Gasteiger partial charge in [0.2, 0.25) is 0 Å². The van der Waals surface area contributed by atoms with Crippen molar-refractivity contribution in [2.24, 2.45) is 0 Å². The van der Waals surface area contributed by atoms with Crippen LogP contribution in [0.5, 0.6) is 0 Å². The molecule has 0 aromatic rings. The summed E-state index contributed by atoms with van der Waals surface area (Å²) in [4.78, 5) is 38.0. The summed E-state index contributed by atoms with van der Waals surface area (Å²) in [5.74, 6) is -1.11. The van der Waals surface area contributed by atoms with E-state index in [1.165, 1.54) is 19.3 Å². The molecule has 0 radical (unpaired) electrons. The zero-order chi connectivity index (χ0) is 49.3. The molecule has 0 bridgehead atoms. The molecule has 0 rings (SSSR count). The first-order chi connectivity index (χ1) is 33.5. The molecule has 0 aromatic heterocycles. The Morgan fingerprint density at radius 1 is 0.309 bits per heavy atom. The van der Waals surface area contributed by atoms with E-state index in [1.807, 2.05) is 12.2 Å². The van der Waals surface area contributed by atoms with Crippen molar-refractivity contribution in [2.75, 3.05) is 13.2 Å². The maximum Gasteiger partial charge on any atom is 0.306 e. The van der Waals surface area contributed by atoms with Crippen LogP contribution in [0.4, 0.5) is 0 Å². The zero-order valence-electron chi connectivity index (χ0n) is 43.0. The first kappa shape index (κ1) is 63.0. The Hall–Kier alpha value is -4.97. The van der Waals surface area contributed by atoms with Crippen LogP contribution >= 0.6 is 0 Å². The van der Waals surface area contributed by atoms with Gasteiger partial charge < -0.3 is 14.2 Å². The molecule has 0 fully saturated rings. The summed E-state index contributed by atoms with van der Waals surface area (Å²) in [6.45, 7) is 6.21. The smallest absolute Gasteiger partial charge is 0.306 e. The molecule has 378 valence electrons. The highest BCUT2D eigenvalue weighted by molar-refractivity contribution is 5.71. The van der Waals surface area contributed by atoms with Crippen molar-refractivity contribution in [2.45, 2.75) is 200 Å². The van der Waals surface area contributed by atoms with Crippen molar-refractivity contribution in [3.63, 3.8) is 0 Å². The summed E-state index contributed by atoms with van der Waals surface area (Å²) in [6.07, 6.45) is 79.6. The molecule has 0 N–H and O–H groups in total. The normalized spacial score (nSPS) is 13.4. The number of unbranched alkanes of at least 4 members (excludes halogenated alkanes) is 8. The van der Waals surface area contributed by atoms with Gasteiger partial charge in [-0.1, -0.05) is 211 Å². The van der Waals surface area contributed by atoms with Crippen molar-refractivity contribution in [3.8, 4) is 0 Å². The lowest BCUT2D eigenvalue weighted by Crippen LogP contribution is -2.30. The Bertz CT molecular complexity index is 1590. The average Bonchev–Trinajstić information content (AvgIpc) is 3.34. The van der Waals surface area contributed by atoms with Gasteiger partial charge in [-0.15, -0.1) is 0 Å². The standard InChI is InChI=1S/C62H94O6/c1-4-7-10-13-16-19-22-25-28-30-31-33-34-37-40-43-46-49-52-55-61(64)67-58-59(57-66-60(63)54-51-48-45-42-39-36-27-24-21-18-15-12-9-6-3)68-62(65)56-53-50-47-44-41-38-35-32-29-26-23-20-17-14-11-8-5-2/h7-8,10-11,15-20,24-29,31,33,35,37-38,40,44,46-47,49,59H,4-6,9,12-14,21-23,30,32,34,36,39,41-43,45,48,50-58H2,1-3H3/b10-7-,11-8-,18-15-,19-16-,20-17-,27-24-,28-25-,29-26-,33-31-,38-35-,40-37-,47-44-,49-46-. The lowest BCUT2D eigenvalue weighted by molar-refractivity contribution is -0.166. The molecule has 0 heterocycles. The molecular formula is C62H94O6. The molecule has 6 heteroatoms. The fourth-order valence-corrected chi connectivity index (χ4v) is 6.34. The monoisotopic (exact) mass is 935 g/mol. The summed E-state index contributed by atoms with van der Waals surface area (Å²) < 4.78 is 16.7. The average molecular weight is 935 g/mol. The number of rotatable bonds is 45. The van der Waals surface area contributed by atoms with E-state index in [1.54, 1.807) is 0 Å². The molecule has 6 nitrogen and oxygen atoms in total. The quantitative estimate of drug-likeness (QED) is 0.0262. The number of carbonyl (C=O) groups excluding carboxylic acids is 3. The second-order valence-corrected chi connectivity index (χ2v) is 16.7. The Labute approximate surface area is 416 Å². The summed E-state index contributed by atoms with van der Waals surface area (Å²) in [6, 6.07) is 0. The highest BCUT2D eigenvalue weighted by Gasteiger charge is 2.19. The third-order valence-electron chi connectivity index (χ3n) is 10.3. The summed E-state index contributed by atoms with van der Waals surface area (Å²) in [5.41, 5.74) is 0. The molecule has 0 spiro atoms. The summed E-state index contributed by atoms with van der Waals surface area (Å²) in [5, 5.41) is 0. The van der Waals surface area contributed by atoms with Gasteiger partial charge in [0, 0.05) is 19.3 Å². The second kappa shape index (κ2) is 54.6. The predicted molar refractivity (Wildman–Crippen MR) is 292 cm³/mol. The fraction of sp³-hybridized carbons (Fsp3) is 0.532. The third-order valence-corrected chi connectivity index (χ3v) is 10.3. The van der Waals surface area contributed by atoms with Gasteiger partial charge in [0.25, 0.3) is 0 Å².